The zero-order valence-corrected chi connectivity index (χ0v) is 11.1. The lowest BCUT2D eigenvalue weighted by atomic mass is 10.3. The fourth-order valence-electron chi connectivity index (χ4n) is 1.24. The molecule has 2 aromatic rings. The van der Waals surface area contributed by atoms with Gasteiger partial charge in [0.05, 0.1) is 11.1 Å². The molecule has 1 N–H and O–H groups in total. The highest BCUT2D eigenvalue weighted by Crippen LogP contribution is 2.31. The molecule has 0 radical (unpaired) electrons. The quantitative estimate of drug-likeness (QED) is 0.937. The second-order valence-corrected chi connectivity index (χ2v) is 4.63. The molecule has 0 aliphatic rings. The summed E-state index contributed by atoms with van der Waals surface area (Å²) in [6.07, 6.45) is 1.57. The summed E-state index contributed by atoms with van der Waals surface area (Å²) < 4.78 is 6.33. The first-order valence-corrected chi connectivity index (χ1v) is 6.05. The number of aromatic nitrogens is 1. The van der Waals surface area contributed by atoms with Crippen LogP contribution in [0.2, 0.25) is 5.02 Å². The highest BCUT2D eigenvalue weighted by molar-refractivity contribution is 9.10. The van der Waals surface area contributed by atoms with Crippen LogP contribution in [0.1, 0.15) is 5.56 Å². The highest BCUT2D eigenvalue weighted by atomic mass is 79.9. The maximum absolute atomic E-state index is 8.89. The summed E-state index contributed by atoms with van der Waals surface area (Å²) in [5.41, 5.74) is 0.743. The van der Waals surface area contributed by atoms with Crippen molar-refractivity contribution >= 4 is 27.5 Å². The molecule has 0 spiro atoms. The maximum Gasteiger partial charge on any atom is 0.219 e. The Morgan fingerprint density at radius 1 is 1.29 bits per heavy atom. The number of aliphatic hydroxyl groups excluding tert-OH is 1. The van der Waals surface area contributed by atoms with Gasteiger partial charge < -0.3 is 9.84 Å². The lowest BCUT2D eigenvalue weighted by Crippen LogP contribution is -1.90. The van der Waals surface area contributed by atoms with Crippen LogP contribution in [0.4, 0.5) is 0 Å². The molecule has 5 heteroatoms. The number of nitrogens with zero attached hydrogens (tertiary/aromatic N) is 1. The lowest BCUT2D eigenvalue weighted by Gasteiger charge is -2.07. The van der Waals surface area contributed by atoms with E-state index in [0.29, 0.717) is 16.7 Å². The van der Waals surface area contributed by atoms with Crippen molar-refractivity contribution in [2.45, 2.75) is 6.61 Å². The molecule has 0 fully saturated rings. The Bertz CT molecular complexity index is 516. The normalized spacial score (nSPS) is 10.3. The number of ether oxygens (including phenoxy) is 1. The predicted molar refractivity (Wildman–Crippen MR) is 69.4 cm³/mol. The van der Waals surface area contributed by atoms with Gasteiger partial charge in [0.25, 0.3) is 0 Å². The monoisotopic (exact) mass is 313 g/mol. The summed E-state index contributed by atoms with van der Waals surface area (Å²) in [4.78, 5) is 4.07. The minimum Gasteiger partial charge on any atom is -0.438 e. The van der Waals surface area contributed by atoms with Crippen LogP contribution in [-0.4, -0.2) is 10.1 Å². The van der Waals surface area contributed by atoms with Crippen molar-refractivity contribution in [3.8, 4) is 11.6 Å². The van der Waals surface area contributed by atoms with Gasteiger partial charge in [0.1, 0.15) is 5.75 Å². The van der Waals surface area contributed by atoms with Crippen molar-refractivity contribution in [1.82, 2.24) is 4.98 Å². The lowest BCUT2D eigenvalue weighted by molar-refractivity contribution is 0.281. The molecule has 0 aliphatic heterocycles. The van der Waals surface area contributed by atoms with Crippen molar-refractivity contribution in [2.24, 2.45) is 0 Å². The Balaban J connectivity index is 2.19. The van der Waals surface area contributed by atoms with E-state index >= 15 is 0 Å². The minimum atomic E-state index is -0.0298. The molecule has 0 aliphatic carbocycles. The van der Waals surface area contributed by atoms with Crippen LogP contribution in [0.3, 0.4) is 0 Å². The minimum absolute atomic E-state index is 0.0298. The predicted octanol–water partition coefficient (Wildman–Crippen LogP) is 3.78. The van der Waals surface area contributed by atoms with Crippen LogP contribution < -0.4 is 4.74 Å². The third kappa shape index (κ3) is 3.19. The zero-order valence-electron chi connectivity index (χ0n) is 8.73. The van der Waals surface area contributed by atoms with E-state index in [1.165, 1.54) is 0 Å². The van der Waals surface area contributed by atoms with Crippen molar-refractivity contribution in [1.29, 1.82) is 0 Å². The van der Waals surface area contributed by atoms with E-state index in [4.69, 9.17) is 21.4 Å². The molecule has 1 heterocycles. The Kier molecular flexibility index (Phi) is 3.99. The first-order chi connectivity index (χ1) is 8.19. The molecule has 1 aromatic carbocycles. The third-order valence-corrected chi connectivity index (χ3v) is 2.94. The standard InChI is InChI=1S/C12H9BrClNO2/c13-10-5-9(14)2-3-11(10)17-12-4-1-8(7-16)6-15-12/h1-6,16H,7H2. The third-order valence-electron chi connectivity index (χ3n) is 2.09. The molecule has 88 valence electrons. The summed E-state index contributed by atoms with van der Waals surface area (Å²) in [5, 5.41) is 9.52. The summed E-state index contributed by atoms with van der Waals surface area (Å²) in [6, 6.07) is 8.70. The van der Waals surface area contributed by atoms with Crippen LogP contribution in [0.25, 0.3) is 0 Å². The van der Waals surface area contributed by atoms with Gasteiger partial charge in [0, 0.05) is 17.3 Å². The van der Waals surface area contributed by atoms with Gasteiger partial charge in [0.2, 0.25) is 5.88 Å². The van der Waals surface area contributed by atoms with Crippen LogP contribution in [0.15, 0.2) is 41.0 Å². The smallest absolute Gasteiger partial charge is 0.219 e. The maximum atomic E-state index is 8.89. The Morgan fingerprint density at radius 2 is 2.12 bits per heavy atom. The van der Waals surface area contributed by atoms with Gasteiger partial charge in [-0.2, -0.15) is 0 Å². The van der Waals surface area contributed by atoms with Crippen LogP contribution >= 0.6 is 27.5 Å². The number of pyridine rings is 1. The van der Waals surface area contributed by atoms with E-state index in [9.17, 15) is 0 Å². The van der Waals surface area contributed by atoms with E-state index in [2.05, 4.69) is 20.9 Å². The molecule has 3 nitrogen and oxygen atoms in total. The summed E-state index contributed by atoms with van der Waals surface area (Å²) in [7, 11) is 0. The van der Waals surface area contributed by atoms with E-state index in [0.717, 1.165) is 10.0 Å². The van der Waals surface area contributed by atoms with Crippen molar-refractivity contribution in [3.63, 3.8) is 0 Å². The number of aliphatic hydroxyl groups is 1. The second kappa shape index (κ2) is 5.49. The first kappa shape index (κ1) is 12.4. The number of benzene rings is 1. The molecule has 0 atom stereocenters. The van der Waals surface area contributed by atoms with Crippen LogP contribution in [-0.2, 0) is 6.61 Å². The molecule has 1 aromatic heterocycles. The van der Waals surface area contributed by atoms with Gasteiger partial charge in [-0.1, -0.05) is 11.6 Å². The van der Waals surface area contributed by atoms with Gasteiger partial charge in [-0.3, -0.25) is 0 Å². The number of hydrogen-bond acceptors (Lipinski definition) is 3. The largest absolute Gasteiger partial charge is 0.438 e. The fourth-order valence-corrected chi connectivity index (χ4v) is 2.00. The van der Waals surface area contributed by atoms with Gasteiger partial charge in [-0.05, 0) is 45.8 Å². The molecule has 17 heavy (non-hydrogen) atoms. The first-order valence-electron chi connectivity index (χ1n) is 4.88. The van der Waals surface area contributed by atoms with Crippen molar-refractivity contribution in [2.75, 3.05) is 0 Å². The molecule has 0 amide bonds. The van der Waals surface area contributed by atoms with E-state index < -0.39 is 0 Å². The van der Waals surface area contributed by atoms with E-state index in [-0.39, 0.29) is 6.61 Å². The number of rotatable bonds is 3. The Hall–Kier alpha value is -1.10. The fraction of sp³-hybridized carbons (Fsp3) is 0.0833. The molecular weight excluding hydrogens is 305 g/mol. The molecule has 0 saturated heterocycles. The molecule has 0 unspecified atom stereocenters. The van der Waals surface area contributed by atoms with Gasteiger partial charge in [-0.15, -0.1) is 0 Å². The zero-order chi connectivity index (χ0) is 12.3. The molecule has 2 rings (SSSR count). The Labute approximate surface area is 112 Å². The van der Waals surface area contributed by atoms with Gasteiger partial charge >= 0.3 is 0 Å². The number of hydrogen-bond donors (Lipinski definition) is 1. The summed E-state index contributed by atoms with van der Waals surface area (Å²) in [6.45, 7) is -0.0298. The van der Waals surface area contributed by atoms with Gasteiger partial charge in [-0.25, -0.2) is 4.98 Å². The van der Waals surface area contributed by atoms with Crippen LogP contribution in [0.5, 0.6) is 11.6 Å². The van der Waals surface area contributed by atoms with Gasteiger partial charge in [0.15, 0.2) is 0 Å². The molecular formula is C12H9BrClNO2. The molecule has 0 bridgehead atoms. The van der Waals surface area contributed by atoms with E-state index in [1.807, 2.05) is 0 Å². The summed E-state index contributed by atoms with van der Waals surface area (Å²) in [5.74, 6) is 1.10. The van der Waals surface area contributed by atoms with Crippen LogP contribution in [0, 0.1) is 0 Å². The van der Waals surface area contributed by atoms with E-state index in [1.54, 1.807) is 36.5 Å². The van der Waals surface area contributed by atoms with Crippen molar-refractivity contribution < 1.29 is 9.84 Å². The summed E-state index contributed by atoms with van der Waals surface area (Å²) >= 11 is 9.19. The average Bonchev–Trinajstić information content (AvgIpc) is 2.34. The average molecular weight is 315 g/mol. The molecule has 0 saturated carbocycles. The van der Waals surface area contributed by atoms with Crippen molar-refractivity contribution in [3.05, 3.63) is 51.6 Å². The number of halogens is 2. The Morgan fingerprint density at radius 3 is 2.71 bits per heavy atom. The SMILES string of the molecule is OCc1ccc(Oc2ccc(Cl)cc2Br)nc1. The topological polar surface area (TPSA) is 42.4 Å². The second-order valence-electron chi connectivity index (χ2n) is 3.34. The highest BCUT2D eigenvalue weighted by Gasteiger charge is 2.04.